The summed E-state index contributed by atoms with van der Waals surface area (Å²) in [5, 5.41) is 3.16. The first-order valence-corrected chi connectivity index (χ1v) is 11.1. The molecule has 0 spiro atoms. The van der Waals surface area contributed by atoms with E-state index in [1.54, 1.807) is 31.2 Å². The Morgan fingerprint density at radius 1 is 1.21 bits per heavy atom. The number of hydrogen-bond acceptors (Lipinski definition) is 3. The van der Waals surface area contributed by atoms with E-state index in [4.69, 9.17) is 11.6 Å². The van der Waals surface area contributed by atoms with Crippen LogP contribution in [-0.2, 0) is 21.2 Å². The molecule has 0 bridgehead atoms. The number of rotatable bonds is 8. The van der Waals surface area contributed by atoms with Gasteiger partial charge in [-0.1, -0.05) is 29.8 Å². The predicted octanol–water partition coefficient (Wildman–Crippen LogP) is 3.69. The van der Waals surface area contributed by atoms with Crippen LogP contribution < -0.4 is 9.62 Å². The standard InChI is InChI=1S/C20H24ClFN2O3S/c1-14-6-9-17(21)13-19(14)24(28(3,26)27)15(2)20(25)23-12-4-5-16-7-10-18(22)11-8-16/h6-11,13,15H,4-5,12H2,1-3H3,(H,23,25). The maximum atomic E-state index is 12.9. The molecule has 1 amide bonds. The van der Waals surface area contributed by atoms with Crippen LogP contribution >= 0.6 is 11.6 Å². The van der Waals surface area contributed by atoms with E-state index in [0.29, 0.717) is 35.7 Å². The molecule has 1 atom stereocenters. The number of sulfonamides is 1. The van der Waals surface area contributed by atoms with E-state index in [2.05, 4.69) is 5.32 Å². The highest BCUT2D eigenvalue weighted by Gasteiger charge is 2.30. The van der Waals surface area contributed by atoms with Gasteiger partial charge in [-0.15, -0.1) is 0 Å². The van der Waals surface area contributed by atoms with Gasteiger partial charge in [0.25, 0.3) is 0 Å². The lowest BCUT2D eigenvalue weighted by Crippen LogP contribution is -2.48. The molecule has 0 aliphatic carbocycles. The van der Waals surface area contributed by atoms with Gasteiger partial charge in [-0.2, -0.15) is 0 Å². The third-order valence-corrected chi connectivity index (χ3v) is 5.81. The fraction of sp³-hybridized carbons (Fsp3) is 0.350. The quantitative estimate of drug-likeness (QED) is 0.654. The van der Waals surface area contributed by atoms with Gasteiger partial charge >= 0.3 is 0 Å². The Hall–Kier alpha value is -2.12. The normalized spacial score (nSPS) is 12.5. The summed E-state index contributed by atoms with van der Waals surface area (Å²) < 4.78 is 38.7. The van der Waals surface area contributed by atoms with Crippen LogP contribution in [0, 0.1) is 12.7 Å². The average Bonchev–Trinajstić information content (AvgIpc) is 2.62. The molecule has 0 radical (unpaired) electrons. The SMILES string of the molecule is Cc1ccc(Cl)cc1N(C(C)C(=O)NCCCc1ccc(F)cc1)S(C)(=O)=O. The third-order valence-electron chi connectivity index (χ3n) is 4.35. The van der Waals surface area contributed by atoms with Gasteiger partial charge < -0.3 is 5.32 Å². The van der Waals surface area contributed by atoms with Crippen molar-refractivity contribution in [2.24, 2.45) is 0 Å². The molecule has 0 fully saturated rings. The van der Waals surface area contributed by atoms with Crippen molar-refractivity contribution < 1.29 is 17.6 Å². The molecule has 0 saturated heterocycles. The van der Waals surface area contributed by atoms with Crippen LogP contribution in [0.2, 0.25) is 5.02 Å². The van der Waals surface area contributed by atoms with Crippen LogP contribution in [0.3, 0.4) is 0 Å². The molecule has 28 heavy (non-hydrogen) atoms. The van der Waals surface area contributed by atoms with Crippen LogP contribution in [0.15, 0.2) is 42.5 Å². The number of benzene rings is 2. The zero-order chi connectivity index (χ0) is 20.9. The smallest absolute Gasteiger partial charge is 0.243 e. The molecule has 2 rings (SSSR count). The van der Waals surface area contributed by atoms with Crippen molar-refractivity contribution in [1.29, 1.82) is 0 Å². The Morgan fingerprint density at radius 2 is 1.86 bits per heavy atom. The lowest BCUT2D eigenvalue weighted by Gasteiger charge is -2.29. The van der Waals surface area contributed by atoms with Crippen LogP contribution in [0.25, 0.3) is 0 Å². The zero-order valence-electron chi connectivity index (χ0n) is 16.1. The molecule has 5 nitrogen and oxygen atoms in total. The Kier molecular flexibility index (Phi) is 7.43. The highest BCUT2D eigenvalue weighted by Crippen LogP contribution is 2.28. The predicted molar refractivity (Wildman–Crippen MR) is 111 cm³/mol. The average molecular weight is 427 g/mol. The fourth-order valence-corrected chi connectivity index (χ4v) is 4.29. The van der Waals surface area contributed by atoms with Gasteiger partial charge in [0.1, 0.15) is 11.9 Å². The van der Waals surface area contributed by atoms with Crippen molar-refractivity contribution in [3.63, 3.8) is 0 Å². The van der Waals surface area contributed by atoms with Crippen molar-refractivity contribution in [2.45, 2.75) is 32.7 Å². The number of aryl methyl sites for hydroxylation is 2. The number of nitrogens with zero attached hydrogens (tertiary/aromatic N) is 1. The summed E-state index contributed by atoms with van der Waals surface area (Å²) in [6, 6.07) is 10.2. The van der Waals surface area contributed by atoms with E-state index < -0.39 is 22.0 Å². The largest absolute Gasteiger partial charge is 0.354 e. The van der Waals surface area contributed by atoms with Gasteiger partial charge in [-0.05, 0) is 62.1 Å². The monoisotopic (exact) mass is 426 g/mol. The number of carbonyl (C=O) groups is 1. The van der Waals surface area contributed by atoms with Gasteiger partial charge in [0.2, 0.25) is 15.9 Å². The number of hydrogen-bond donors (Lipinski definition) is 1. The zero-order valence-corrected chi connectivity index (χ0v) is 17.6. The lowest BCUT2D eigenvalue weighted by molar-refractivity contribution is -0.121. The fourth-order valence-electron chi connectivity index (χ4n) is 2.90. The van der Waals surface area contributed by atoms with Crippen LogP contribution in [0.5, 0.6) is 0 Å². The molecule has 2 aromatic rings. The second-order valence-corrected chi connectivity index (χ2v) is 8.98. The minimum absolute atomic E-state index is 0.289. The van der Waals surface area contributed by atoms with Crippen molar-refractivity contribution in [2.75, 3.05) is 17.1 Å². The summed E-state index contributed by atoms with van der Waals surface area (Å²) in [5.74, 6) is -0.688. The first kappa shape index (κ1) is 22.2. The van der Waals surface area contributed by atoms with Crippen LogP contribution in [0.1, 0.15) is 24.5 Å². The minimum Gasteiger partial charge on any atom is -0.354 e. The van der Waals surface area contributed by atoms with E-state index >= 15 is 0 Å². The van der Waals surface area contributed by atoms with Crippen LogP contribution in [0.4, 0.5) is 10.1 Å². The summed E-state index contributed by atoms with van der Waals surface area (Å²) in [4.78, 5) is 12.6. The highest BCUT2D eigenvalue weighted by atomic mass is 35.5. The first-order chi connectivity index (χ1) is 13.1. The van der Waals surface area contributed by atoms with E-state index in [0.717, 1.165) is 16.1 Å². The van der Waals surface area contributed by atoms with Crippen molar-refractivity contribution in [3.05, 3.63) is 64.4 Å². The molecular formula is C20H24ClFN2O3S. The molecule has 152 valence electrons. The number of halogens is 2. The molecular weight excluding hydrogens is 403 g/mol. The van der Waals surface area contributed by atoms with Crippen molar-refractivity contribution >= 4 is 33.2 Å². The van der Waals surface area contributed by atoms with Gasteiger partial charge in [-0.3, -0.25) is 9.10 Å². The molecule has 0 aliphatic heterocycles. The molecule has 2 aromatic carbocycles. The molecule has 0 heterocycles. The number of carbonyl (C=O) groups excluding carboxylic acids is 1. The van der Waals surface area contributed by atoms with Crippen LogP contribution in [-0.4, -0.2) is 33.2 Å². The molecule has 1 N–H and O–H groups in total. The first-order valence-electron chi connectivity index (χ1n) is 8.87. The van der Waals surface area contributed by atoms with E-state index in [-0.39, 0.29) is 5.82 Å². The number of amides is 1. The Morgan fingerprint density at radius 3 is 2.46 bits per heavy atom. The Balaban J connectivity index is 2.03. The number of anilines is 1. The summed E-state index contributed by atoms with van der Waals surface area (Å²) in [7, 11) is -3.70. The van der Waals surface area contributed by atoms with E-state index in [9.17, 15) is 17.6 Å². The van der Waals surface area contributed by atoms with Crippen molar-refractivity contribution in [3.8, 4) is 0 Å². The molecule has 8 heteroatoms. The summed E-state index contributed by atoms with van der Waals surface area (Å²) in [5.41, 5.74) is 2.05. The highest BCUT2D eigenvalue weighted by molar-refractivity contribution is 7.92. The summed E-state index contributed by atoms with van der Waals surface area (Å²) in [6.45, 7) is 3.68. The van der Waals surface area contributed by atoms with Gasteiger partial charge in [0, 0.05) is 11.6 Å². The maximum Gasteiger partial charge on any atom is 0.243 e. The van der Waals surface area contributed by atoms with E-state index in [1.807, 2.05) is 0 Å². The molecule has 1 unspecified atom stereocenters. The second kappa shape index (κ2) is 9.39. The number of nitrogens with one attached hydrogen (secondary N) is 1. The van der Waals surface area contributed by atoms with Crippen molar-refractivity contribution in [1.82, 2.24) is 5.32 Å². The molecule has 0 saturated carbocycles. The topological polar surface area (TPSA) is 66.5 Å². The van der Waals surface area contributed by atoms with Gasteiger partial charge in [0.05, 0.1) is 11.9 Å². The van der Waals surface area contributed by atoms with Gasteiger partial charge in [-0.25, -0.2) is 12.8 Å². The Labute approximate surface area is 170 Å². The molecule has 0 aliphatic rings. The lowest BCUT2D eigenvalue weighted by atomic mass is 10.1. The van der Waals surface area contributed by atoms with Gasteiger partial charge in [0.15, 0.2) is 0 Å². The summed E-state index contributed by atoms with van der Waals surface area (Å²) in [6.07, 6.45) is 2.39. The second-order valence-electron chi connectivity index (χ2n) is 6.69. The third kappa shape index (κ3) is 5.94. The minimum atomic E-state index is -3.70. The molecule has 0 aromatic heterocycles. The maximum absolute atomic E-state index is 12.9. The summed E-state index contributed by atoms with van der Waals surface area (Å²) >= 11 is 6.02. The van der Waals surface area contributed by atoms with E-state index in [1.165, 1.54) is 25.1 Å². The Bertz CT molecular complexity index is 933.